The lowest BCUT2D eigenvalue weighted by molar-refractivity contribution is 0.170. The summed E-state index contributed by atoms with van der Waals surface area (Å²) in [5, 5.41) is 0. The van der Waals surface area contributed by atoms with Crippen LogP contribution in [0.2, 0.25) is 6.04 Å². The van der Waals surface area contributed by atoms with Crippen molar-refractivity contribution in [2.24, 2.45) is 0 Å². The second kappa shape index (κ2) is 7.50. The Labute approximate surface area is 82.8 Å². The molecule has 0 amide bonds. The summed E-state index contributed by atoms with van der Waals surface area (Å²) in [4.78, 5) is 0. The van der Waals surface area contributed by atoms with Crippen LogP contribution < -0.4 is 0 Å². The summed E-state index contributed by atoms with van der Waals surface area (Å²) < 4.78 is 13.6. The first kappa shape index (κ1) is 13.1. The van der Waals surface area contributed by atoms with Gasteiger partial charge in [-0.25, -0.2) is 0 Å². The highest BCUT2D eigenvalue weighted by Crippen LogP contribution is 2.18. The van der Waals surface area contributed by atoms with Gasteiger partial charge < -0.3 is 13.3 Å². The molecule has 8 radical (unpaired) electrons. The maximum absolute atomic E-state index is 5.32. The molecule has 0 atom stereocenters. The molecule has 0 saturated heterocycles. The topological polar surface area (TPSA) is 27.7 Å². The lowest BCUT2D eigenvalue weighted by atomic mass is 10.2. The molecule has 3 nitrogen and oxygen atoms in total. The van der Waals surface area contributed by atoms with Crippen LogP contribution >= 0.6 is 0 Å². The quantitative estimate of drug-likeness (QED) is 0.442. The maximum atomic E-state index is 5.32. The predicted molar refractivity (Wildman–Crippen MR) is 49.5 cm³/mol. The van der Waals surface area contributed by atoms with Crippen LogP contribution in [0.15, 0.2) is 0 Å². The van der Waals surface area contributed by atoms with Crippen molar-refractivity contribution in [2.75, 3.05) is 0 Å². The van der Waals surface area contributed by atoms with E-state index in [4.69, 9.17) is 28.3 Å². The predicted octanol–water partition coefficient (Wildman–Crippen LogP) is 2.25. The van der Waals surface area contributed by atoms with Crippen molar-refractivity contribution in [3.63, 3.8) is 0 Å². The van der Waals surface area contributed by atoms with Crippen molar-refractivity contribution in [1.29, 1.82) is 0 Å². The Balaban J connectivity index is 3.68. The second-order valence-corrected chi connectivity index (χ2v) is 5.21. The minimum Gasteiger partial charge on any atom is -0.365 e. The first-order valence-electron chi connectivity index (χ1n) is 4.08. The van der Waals surface area contributed by atoms with Crippen molar-refractivity contribution in [3.05, 3.63) is 28.3 Å². The Morgan fingerprint density at radius 2 is 1.38 bits per heavy atom. The first-order chi connectivity index (χ1) is 6.24. The van der Waals surface area contributed by atoms with Gasteiger partial charge in [-0.2, -0.15) is 0 Å². The molecular formula is C9H14O3Si. The van der Waals surface area contributed by atoms with E-state index in [1.54, 1.807) is 0 Å². The molecule has 72 valence electrons. The van der Waals surface area contributed by atoms with Gasteiger partial charge in [-0.15, -0.1) is 0 Å². The van der Waals surface area contributed by atoms with E-state index in [1.807, 2.05) is 0 Å². The fraction of sp³-hybridized carbons (Fsp3) is 0.556. The fourth-order valence-corrected chi connectivity index (χ4v) is 2.13. The molecule has 0 aromatic heterocycles. The van der Waals surface area contributed by atoms with Gasteiger partial charge in [0, 0.05) is 6.04 Å². The Kier molecular flexibility index (Phi) is 7.55. The third kappa shape index (κ3) is 4.76. The molecular weight excluding hydrogens is 184 g/mol. The molecule has 0 aliphatic rings. The lowest BCUT2D eigenvalue weighted by Crippen LogP contribution is -2.40. The van der Waals surface area contributed by atoms with Crippen LogP contribution in [0.3, 0.4) is 0 Å². The maximum Gasteiger partial charge on any atom is 0.502 e. The highest BCUT2D eigenvalue weighted by molar-refractivity contribution is 6.60. The summed E-state index contributed by atoms with van der Waals surface area (Å²) >= 11 is 0. The molecule has 0 bridgehead atoms. The van der Waals surface area contributed by atoms with E-state index in [-0.39, 0.29) is 0 Å². The molecule has 0 heterocycles. The third-order valence-electron chi connectivity index (χ3n) is 1.73. The van der Waals surface area contributed by atoms with Gasteiger partial charge >= 0.3 is 8.80 Å². The van der Waals surface area contributed by atoms with Crippen LogP contribution in [-0.4, -0.2) is 8.80 Å². The van der Waals surface area contributed by atoms with Gasteiger partial charge in [0.1, 0.15) is 21.3 Å². The first-order valence-corrected chi connectivity index (χ1v) is 6.01. The lowest BCUT2D eigenvalue weighted by Gasteiger charge is -2.22. The van der Waals surface area contributed by atoms with E-state index >= 15 is 0 Å². The highest BCUT2D eigenvalue weighted by atomic mass is 28.4. The highest BCUT2D eigenvalue weighted by Gasteiger charge is 2.37. The largest absolute Gasteiger partial charge is 0.502 e. The average Bonchev–Trinajstić information content (AvgIpc) is 2.20. The smallest absolute Gasteiger partial charge is 0.365 e. The fourth-order valence-electron chi connectivity index (χ4n) is 0.923. The summed E-state index contributed by atoms with van der Waals surface area (Å²) in [6.45, 7) is 5.32. The summed E-state index contributed by atoms with van der Waals surface area (Å²) in [7, 11) is 11.9. The van der Waals surface area contributed by atoms with E-state index < -0.39 is 8.80 Å². The molecule has 4 heteroatoms. The van der Waals surface area contributed by atoms with E-state index in [0.29, 0.717) is 12.5 Å². The van der Waals surface area contributed by atoms with Gasteiger partial charge in [0.05, 0.1) is 0 Å². The normalized spacial score (nSPS) is 12.0. The molecule has 13 heavy (non-hydrogen) atoms. The summed E-state index contributed by atoms with van der Waals surface area (Å²) in [6, 6.07) is 0.497. The SMILES string of the molecule is [CH]CCCCC[Si](O[CH])(O[CH])O[CH]. The number of unbranched alkanes of at least 4 members (excludes halogenated alkanes) is 3. The third-order valence-corrected chi connectivity index (χ3v) is 3.77. The van der Waals surface area contributed by atoms with Crippen molar-refractivity contribution in [2.45, 2.75) is 31.7 Å². The number of hydrogen-bond acceptors (Lipinski definition) is 3. The number of rotatable bonds is 8. The van der Waals surface area contributed by atoms with E-state index in [9.17, 15) is 0 Å². The molecule has 0 aromatic rings. The van der Waals surface area contributed by atoms with Gasteiger partial charge in [0.2, 0.25) is 0 Å². The zero-order valence-electron chi connectivity index (χ0n) is 7.57. The van der Waals surface area contributed by atoms with Crippen LogP contribution in [0, 0.1) is 28.3 Å². The van der Waals surface area contributed by atoms with Gasteiger partial charge in [0.25, 0.3) is 0 Å². The van der Waals surface area contributed by atoms with Gasteiger partial charge in [-0.3, -0.25) is 0 Å². The minimum absolute atomic E-state index is 0.497. The Bertz CT molecular complexity index is 107. The molecule has 0 saturated carbocycles. The van der Waals surface area contributed by atoms with Crippen molar-refractivity contribution >= 4 is 8.80 Å². The van der Waals surface area contributed by atoms with Crippen LogP contribution in [0.5, 0.6) is 0 Å². The zero-order valence-corrected chi connectivity index (χ0v) is 8.57. The second-order valence-electron chi connectivity index (χ2n) is 2.64. The molecule has 0 aliphatic carbocycles. The van der Waals surface area contributed by atoms with Gasteiger partial charge in [0.15, 0.2) is 0 Å². The Morgan fingerprint density at radius 1 is 0.846 bits per heavy atom. The van der Waals surface area contributed by atoms with E-state index in [1.165, 1.54) is 0 Å². The van der Waals surface area contributed by atoms with Crippen molar-refractivity contribution in [3.8, 4) is 0 Å². The van der Waals surface area contributed by atoms with Crippen LogP contribution in [0.1, 0.15) is 25.7 Å². The van der Waals surface area contributed by atoms with Gasteiger partial charge in [-0.1, -0.05) is 12.8 Å². The molecule has 0 fully saturated rings. The van der Waals surface area contributed by atoms with Gasteiger partial charge in [-0.05, 0) is 19.8 Å². The summed E-state index contributed by atoms with van der Waals surface area (Å²) in [6.07, 6.45) is 3.35. The molecule has 0 rings (SSSR count). The van der Waals surface area contributed by atoms with Crippen LogP contribution in [0.25, 0.3) is 0 Å². The molecule has 0 aliphatic heterocycles. The van der Waals surface area contributed by atoms with Crippen LogP contribution in [-0.2, 0) is 13.3 Å². The molecule has 0 N–H and O–H groups in total. The minimum atomic E-state index is -2.97. The molecule has 0 aromatic carbocycles. The Morgan fingerprint density at radius 3 is 1.77 bits per heavy atom. The van der Waals surface area contributed by atoms with E-state index in [2.05, 4.69) is 13.3 Å². The average molecular weight is 198 g/mol. The Hall–Kier alpha value is 0.0969. The van der Waals surface area contributed by atoms with Crippen molar-refractivity contribution in [1.82, 2.24) is 0 Å². The summed E-state index contributed by atoms with van der Waals surface area (Å²) in [5.74, 6) is 0. The zero-order chi connectivity index (χ0) is 10.2. The summed E-state index contributed by atoms with van der Waals surface area (Å²) in [5.41, 5.74) is 0. The molecule has 0 spiro atoms. The number of hydrogen-bond donors (Lipinski definition) is 0. The van der Waals surface area contributed by atoms with E-state index in [0.717, 1.165) is 19.3 Å². The van der Waals surface area contributed by atoms with Crippen molar-refractivity contribution < 1.29 is 13.3 Å². The standard InChI is InChI=1S/C9H14O3Si/c1-5-6-7-8-9-13(10-2,11-3)12-4/h1-4H,5-9H2. The molecule has 0 unspecified atom stereocenters. The van der Waals surface area contributed by atoms with Crippen LogP contribution in [0.4, 0.5) is 0 Å². The monoisotopic (exact) mass is 198 g/mol.